The molecule has 0 aromatic rings. The number of allylic oxidation sites excluding steroid dienone is 1. The van der Waals surface area contributed by atoms with Crippen molar-refractivity contribution in [1.82, 2.24) is 0 Å². The van der Waals surface area contributed by atoms with Gasteiger partial charge in [0.1, 0.15) is 0 Å². The van der Waals surface area contributed by atoms with Crippen LogP contribution in [0.3, 0.4) is 0 Å². The predicted octanol–water partition coefficient (Wildman–Crippen LogP) is 2.23. The van der Waals surface area contributed by atoms with Crippen LogP contribution < -0.4 is 0 Å². The lowest BCUT2D eigenvalue weighted by atomic mass is 9.55. The van der Waals surface area contributed by atoms with Crippen LogP contribution in [0.4, 0.5) is 0 Å². The van der Waals surface area contributed by atoms with Crippen LogP contribution in [-0.2, 0) is 9.53 Å². The fraction of sp³-hybridized carbons (Fsp3) is 0.800. The summed E-state index contributed by atoms with van der Waals surface area (Å²) in [5.41, 5.74) is 0.136. The molecule has 3 nitrogen and oxygen atoms in total. The summed E-state index contributed by atoms with van der Waals surface area (Å²) in [7, 11) is 0. The van der Waals surface area contributed by atoms with Crippen LogP contribution in [0.5, 0.6) is 0 Å². The van der Waals surface area contributed by atoms with Gasteiger partial charge in [0.05, 0.1) is 17.3 Å². The van der Waals surface area contributed by atoms with E-state index < -0.39 is 0 Å². The first-order chi connectivity index (χ1) is 8.20. The van der Waals surface area contributed by atoms with E-state index >= 15 is 0 Å². The minimum Gasteiger partial charge on any atom is -0.393 e. The Hall–Kier alpha value is -0.670. The summed E-state index contributed by atoms with van der Waals surface area (Å²) in [6.45, 7) is 8.23. The topological polar surface area (TPSA) is 46.5 Å². The summed E-state index contributed by atoms with van der Waals surface area (Å²) >= 11 is 0. The Balaban J connectivity index is 2.16. The monoisotopic (exact) mass is 250 g/mol. The zero-order valence-corrected chi connectivity index (χ0v) is 11.6. The molecule has 1 heterocycles. The number of aliphatic hydroxyl groups is 1. The normalized spacial score (nSPS) is 49.8. The summed E-state index contributed by atoms with van der Waals surface area (Å²) in [4.78, 5) is 11.9. The van der Waals surface area contributed by atoms with E-state index in [1.807, 2.05) is 6.92 Å². The largest absolute Gasteiger partial charge is 0.393 e. The van der Waals surface area contributed by atoms with E-state index in [9.17, 15) is 9.90 Å². The molecule has 0 amide bonds. The lowest BCUT2D eigenvalue weighted by molar-refractivity contribution is -0.145. The molecule has 1 saturated carbocycles. The fourth-order valence-electron chi connectivity index (χ4n) is 4.59. The van der Waals surface area contributed by atoms with Crippen LogP contribution in [0, 0.1) is 11.3 Å². The molecular weight excluding hydrogens is 228 g/mol. The van der Waals surface area contributed by atoms with Crippen LogP contribution >= 0.6 is 0 Å². The standard InChI is InChI=1S/C15H22O3/c1-9-5-10(16)6-14(4)8-12(17)11-7-15(9,14)18-13(11,2)3/h5,11-12,17H,6-8H2,1-4H3/t11-,12+,14-,15+/m0/s1. The molecule has 3 heteroatoms. The van der Waals surface area contributed by atoms with Gasteiger partial charge in [0.2, 0.25) is 0 Å². The molecule has 3 rings (SSSR count). The van der Waals surface area contributed by atoms with Gasteiger partial charge < -0.3 is 9.84 Å². The van der Waals surface area contributed by atoms with Crippen LogP contribution in [0.1, 0.15) is 47.0 Å². The van der Waals surface area contributed by atoms with E-state index in [0.29, 0.717) is 12.8 Å². The summed E-state index contributed by atoms with van der Waals surface area (Å²) in [6.07, 6.45) is 3.38. The third-order valence-electron chi connectivity index (χ3n) is 5.52. The van der Waals surface area contributed by atoms with Gasteiger partial charge in [-0.2, -0.15) is 0 Å². The van der Waals surface area contributed by atoms with E-state index in [-0.39, 0.29) is 34.4 Å². The highest BCUT2D eigenvalue weighted by Crippen LogP contribution is 2.63. The smallest absolute Gasteiger partial charge is 0.156 e. The lowest BCUT2D eigenvalue weighted by Gasteiger charge is -2.52. The van der Waals surface area contributed by atoms with Crippen molar-refractivity contribution < 1.29 is 14.6 Å². The zero-order chi connectivity index (χ0) is 13.3. The minimum atomic E-state index is -0.362. The van der Waals surface area contributed by atoms with Gasteiger partial charge in [-0.1, -0.05) is 6.92 Å². The van der Waals surface area contributed by atoms with Gasteiger partial charge in [0, 0.05) is 17.8 Å². The van der Waals surface area contributed by atoms with Crippen molar-refractivity contribution in [3.8, 4) is 0 Å². The molecule has 0 aromatic carbocycles. The van der Waals surface area contributed by atoms with E-state index in [2.05, 4.69) is 20.8 Å². The van der Waals surface area contributed by atoms with Gasteiger partial charge in [0.25, 0.3) is 0 Å². The number of carbonyl (C=O) groups is 1. The third-order valence-corrected chi connectivity index (χ3v) is 5.52. The molecule has 100 valence electrons. The number of ether oxygens (including phenoxy) is 1. The van der Waals surface area contributed by atoms with Crippen molar-refractivity contribution in [3.63, 3.8) is 0 Å². The van der Waals surface area contributed by atoms with Crippen LogP contribution in [0.2, 0.25) is 0 Å². The number of rotatable bonds is 0. The van der Waals surface area contributed by atoms with Gasteiger partial charge in [-0.25, -0.2) is 0 Å². The highest BCUT2D eigenvalue weighted by molar-refractivity contribution is 5.92. The van der Waals surface area contributed by atoms with Crippen LogP contribution in [0.15, 0.2) is 11.6 Å². The Kier molecular flexibility index (Phi) is 2.24. The molecule has 0 radical (unpaired) electrons. The molecule has 18 heavy (non-hydrogen) atoms. The van der Waals surface area contributed by atoms with E-state index in [1.54, 1.807) is 6.08 Å². The molecule has 3 aliphatic rings. The Morgan fingerprint density at radius 1 is 1.33 bits per heavy atom. The summed E-state index contributed by atoms with van der Waals surface area (Å²) < 4.78 is 6.42. The van der Waals surface area contributed by atoms with Gasteiger partial charge >= 0.3 is 0 Å². The average molecular weight is 250 g/mol. The number of ketones is 1. The molecule has 2 aliphatic carbocycles. The summed E-state index contributed by atoms with van der Waals surface area (Å²) in [5, 5.41) is 10.4. The summed E-state index contributed by atoms with van der Waals surface area (Å²) in [5.74, 6) is 0.335. The first-order valence-electron chi connectivity index (χ1n) is 6.80. The van der Waals surface area contributed by atoms with Crippen molar-refractivity contribution in [2.24, 2.45) is 11.3 Å². The molecule has 0 unspecified atom stereocenters. The molecular formula is C15H22O3. The maximum absolute atomic E-state index is 11.9. The molecule has 2 fully saturated rings. The first-order valence-corrected chi connectivity index (χ1v) is 6.80. The Morgan fingerprint density at radius 2 is 2.00 bits per heavy atom. The molecule has 2 bridgehead atoms. The Labute approximate surface area is 108 Å². The number of fused-ring (bicyclic) bond motifs is 1. The second kappa shape index (κ2) is 3.26. The van der Waals surface area contributed by atoms with Crippen LogP contribution in [0.25, 0.3) is 0 Å². The van der Waals surface area contributed by atoms with Crippen molar-refractivity contribution >= 4 is 5.78 Å². The zero-order valence-electron chi connectivity index (χ0n) is 11.6. The highest BCUT2D eigenvalue weighted by atomic mass is 16.5. The SMILES string of the molecule is CC1=CC(=O)C[C@@]2(C)C[C@@H](O)[C@@H]3C[C@@]12OC3(C)C. The molecule has 1 spiro atoms. The Bertz CT molecular complexity index is 451. The Morgan fingerprint density at radius 3 is 2.67 bits per heavy atom. The van der Waals surface area contributed by atoms with Gasteiger partial charge in [-0.15, -0.1) is 0 Å². The van der Waals surface area contributed by atoms with Crippen molar-refractivity contribution in [2.45, 2.75) is 64.3 Å². The number of aliphatic hydroxyl groups excluding tert-OH is 1. The quantitative estimate of drug-likeness (QED) is 0.717. The maximum Gasteiger partial charge on any atom is 0.156 e. The molecule has 0 aromatic heterocycles. The van der Waals surface area contributed by atoms with E-state index in [1.165, 1.54) is 0 Å². The number of carbonyl (C=O) groups excluding carboxylic acids is 1. The van der Waals surface area contributed by atoms with Gasteiger partial charge in [-0.3, -0.25) is 4.79 Å². The second-order valence-electron chi connectivity index (χ2n) is 7.15. The highest BCUT2D eigenvalue weighted by Gasteiger charge is 2.67. The molecule has 4 atom stereocenters. The van der Waals surface area contributed by atoms with E-state index in [0.717, 1.165) is 12.0 Å². The average Bonchev–Trinajstić information content (AvgIpc) is 2.45. The molecule has 1 N–H and O–H groups in total. The van der Waals surface area contributed by atoms with Crippen molar-refractivity contribution in [1.29, 1.82) is 0 Å². The predicted molar refractivity (Wildman–Crippen MR) is 68.1 cm³/mol. The minimum absolute atomic E-state index is 0.166. The number of hydrogen-bond donors (Lipinski definition) is 1. The number of hydrogen-bond acceptors (Lipinski definition) is 3. The van der Waals surface area contributed by atoms with Crippen molar-refractivity contribution in [3.05, 3.63) is 11.6 Å². The first kappa shape index (κ1) is 12.4. The van der Waals surface area contributed by atoms with Gasteiger partial charge in [0.15, 0.2) is 5.78 Å². The van der Waals surface area contributed by atoms with Crippen LogP contribution in [-0.4, -0.2) is 28.2 Å². The molecule has 1 aliphatic heterocycles. The van der Waals surface area contributed by atoms with E-state index in [4.69, 9.17) is 4.74 Å². The summed E-state index contributed by atoms with van der Waals surface area (Å²) in [6, 6.07) is 0. The molecule has 1 saturated heterocycles. The fourth-order valence-corrected chi connectivity index (χ4v) is 4.59. The van der Waals surface area contributed by atoms with Crippen molar-refractivity contribution in [2.75, 3.05) is 0 Å². The maximum atomic E-state index is 11.9. The third kappa shape index (κ3) is 1.29. The lowest BCUT2D eigenvalue weighted by Crippen LogP contribution is -2.55. The second-order valence-corrected chi connectivity index (χ2v) is 7.15. The van der Waals surface area contributed by atoms with Gasteiger partial charge in [-0.05, 0) is 45.3 Å².